The molecule has 0 aliphatic carbocycles. The number of nitrogens with one attached hydrogen (secondary N) is 1. The van der Waals surface area contributed by atoms with Crippen molar-refractivity contribution in [1.29, 1.82) is 0 Å². The zero-order chi connectivity index (χ0) is 44.5. The van der Waals surface area contributed by atoms with E-state index in [9.17, 15) is 19.8 Å². The zero-order valence-electron chi connectivity index (χ0n) is 40.0. The van der Waals surface area contributed by atoms with Crippen molar-refractivity contribution in [3.63, 3.8) is 0 Å². The number of unbranched alkanes of at least 4 members (excludes halogenated alkanes) is 25. The molecule has 0 aliphatic heterocycles. The van der Waals surface area contributed by atoms with E-state index in [4.69, 9.17) is 4.74 Å². The molecule has 0 spiro atoms. The number of carbonyl (C=O) groups is 2. The number of aliphatic hydroxyl groups excluding tert-OH is 2. The lowest BCUT2D eigenvalue weighted by atomic mass is 10.0. The summed E-state index contributed by atoms with van der Waals surface area (Å²) in [5.41, 5.74) is 0. The summed E-state index contributed by atoms with van der Waals surface area (Å²) in [6.45, 7) is 6.32. The van der Waals surface area contributed by atoms with E-state index in [1.54, 1.807) is 0 Å². The summed E-state index contributed by atoms with van der Waals surface area (Å²) < 4.78 is 5.90. The molecule has 0 aromatic heterocycles. The van der Waals surface area contributed by atoms with Gasteiger partial charge in [0.15, 0.2) is 0 Å². The van der Waals surface area contributed by atoms with Crippen molar-refractivity contribution in [3.8, 4) is 0 Å². The van der Waals surface area contributed by atoms with E-state index in [1.807, 2.05) is 30.4 Å². The molecule has 0 aliphatic rings. The van der Waals surface area contributed by atoms with E-state index in [2.05, 4.69) is 68.6 Å². The molecule has 0 rings (SSSR count). The van der Waals surface area contributed by atoms with Crippen LogP contribution in [0.1, 0.15) is 239 Å². The lowest BCUT2D eigenvalue weighted by Gasteiger charge is -2.24. The predicted molar refractivity (Wildman–Crippen MR) is 264 cm³/mol. The van der Waals surface area contributed by atoms with E-state index in [1.165, 1.54) is 109 Å². The van der Waals surface area contributed by atoms with Crippen LogP contribution in [0.3, 0.4) is 0 Å². The lowest BCUT2D eigenvalue weighted by Crippen LogP contribution is -2.46. The van der Waals surface area contributed by atoms with Crippen molar-refractivity contribution < 1.29 is 24.5 Å². The number of esters is 1. The summed E-state index contributed by atoms with van der Waals surface area (Å²) in [7, 11) is 0. The lowest BCUT2D eigenvalue weighted by molar-refractivity contribution is -0.151. The summed E-state index contributed by atoms with van der Waals surface area (Å²) in [5.74, 6) is -0.547. The number of rotatable bonds is 45. The topological polar surface area (TPSA) is 95.9 Å². The van der Waals surface area contributed by atoms with Crippen molar-refractivity contribution in [1.82, 2.24) is 5.32 Å². The molecule has 1 amide bonds. The molecular weight excluding hydrogens is 755 g/mol. The normalized spacial score (nSPS) is 13.9. The van der Waals surface area contributed by atoms with Gasteiger partial charge in [0.2, 0.25) is 5.91 Å². The molecule has 0 aromatic carbocycles. The van der Waals surface area contributed by atoms with E-state index in [-0.39, 0.29) is 24.9 Å². The van der Waals surface area contributed by atoms with Gasteiger partial charge in [-0.2, -0.15) is 0 Å². The van der Waals surface area contributed by atoms with E-state index in [0.29, 0.717) is 19.3 Å². The number of hydrogen-bond donors (Lipinski definition) is 3. The van der Waals surface area contributed by atoms with E-state index >= 15 is 0 Å². The van der Waals surface area contributed by atoms with Crippen molar-refractivity contribution in [3.05, 3.63) is 72.9 Å². The third-order valence-electron chi connectivity index (χ3n) is 11.4. The zero-order valence-corrected chi connectivity index (χ0v) is 40.0. The molecule has 352 valence electrons. The van der Waals surface area contributed by atoms with Crippen LogP contribution in [-0.2, 0) is 14.3 Å². The van der Waals surface area contributed by atoms with Crippen LogP contribution in [0.2, 0.25) is 0 Å². The van der Waals surface area contributed by atoms with Gasteiger partial charge in [0.05, 0.1) is 25.2 Å². The van der Waals surface area contributed by atoms with Gasteiger partial charge < -0.3 is 20.3 Å². The first kappa shape index (κ1) is 58.3. The molecule has 61 heavy (non-hydrogen) atoms. The van der Waals surface area contributed by atoms with Gasteiger partial charge in [-0.05, 0) is 70.6 Å². The van der Waals surface area contributed by atoms with Gasteiger partial charge in [0.25, 0.3) is 0 Å². The third kappa shape index (κ3) is 43.7. The van der Waals surface area contributed by atoms with Gasteiger partial charge in [0, 0.05) is 6.42 Å². The summed E-state index contributed by atoms with van der Waals surface area (Å²) in [4.78, 5) is 26.1. The largest absolute Gasteiger partial charge is 0.462 e. The maximum absolute atomic E-state index is 13.2. The Morgan fingerprint density at radius 2 is 0.885 bits per heavy atom. The molecular formula is C55H97NO5. The fourth-order valence-electron chi connectivity index (χ4n) is 7.49. The van der Waals surface area contributed by atoms with Crippen LogP contribution < -0.4 is 5.32 Å². The predicted octanol–water partition coefficient (Wildman–Crippen LogP) is 15.4. The molecule has 0 aromatic rings. The highest BCUT2D eigenvalue weighted by molar-refractivity contribution is 5.77. The Morgan fingerprint density at radius 1 is 0.492 bits per heavy atom. The number of hydrogen-bond acceptors (Lipinski definition) is 5. The molecule has 0 saturated carbocycles. The molecule has 3 atom stereocenters. The molecule has 6 nitrogen and oxygen atoms in total. The Labute approximate surface area is 377 Å². The average Bonchev–Trinajstić information content (AvgIpc) is 3.25. The minimum absolute atomic E-state index is 0.0412. The van der Waals surface area contributed by atoms with Gasteiger partial charge >= 0.3 is 5.97 Å². The van der Waals surface area contributed by atoms with E-state index < -0.39 is 18.2 Å². The van der Waals surface area contributed by atoms with Crippen LogP contribution in [0.15, 0.2) is 72.9 Å². The minimum atomic E-state index is -0.804. The maximum atomic E-state index is 13.2. The Kier molecular flexibility index (Phi) is 46.2. The molecule has 0 radical (unpaired) electrons. The number of amides is 1. The van der Waals surface area contributed by atoms with Crippen LogP contribution in [-0.4, -0.2) is 46.9 Å². The highest BCUT2D eigenvalue weighted by Gasteiger charge is 2.24. The number of ether oxygens (including phenoxy) is 1. The molecule has 0 bridgehead atoms. The van der Waals surface area contributed by atoms with Crippen molar-refractivity contribution in [2.24, 2.45) is 0 Å². The van der Waals surface area contributed by atoms with Crippen LogP contribution in [0.4, 0.5) is 0 Å². The molecule has 0 saturated heterocycles. The quantitative estimate of drug-likeness (QED) is 0.0322. The second-order valence-corrected chi connectivity index (χ2v) is 17.3. The second-order valence-electron chi connectivity index (χ2n) is 17.3. The second kappa shape index (κ2) is 48.3. The number of aliphatic hydroxyl groups is 2. The highest BCUT2D eigenvalue weighted by Crippen LogP contribution is 2.17. The molecule has 6 heteroatoms. The Bertz CT molecular complexity index is 1140. The van der Waals surface area contributed by atoms with Crippen molar-refractivity contribution in [2.75, 3.05) is 6.61 Å². The molecule has 3 N–H and O–H groups in total. The van der Waals surface area contributed by atoms with Gasteiger partial charge in [-0.1, -0.05) is 229 Å². The van der Waals surface area contributed by atoms with Gasteiger partial charge in [0.1, 0.15) is 6.10 Å². The molecule has 3 unspecified atom stereocenters. The standard InChI is InChI=1S/C55H97NO5/c1-4-7-10-13-16-19-22-25-26-27-30-31-34-37-40-43-46-51(61-55(60)48-45-42-39-36-33-29-24-21-18-15-12-9-6-3)49-54(59)56-52(50-57)53(58)47-44-41-38-35-32-28-23-20-17-14-11-8-5-2/h9,12,15,18,21,24,26-27,29-31,33,51-53,57-58H,4-8,10-11,13-14,16-17,19-20,22-23,25,28,32,34-50H2,1-3H3,(H,56,59)/b12-9+,18-15+,24-21-,27-26+,31-30+,33-29-. The first-order chi connectivity index (χ1) is 30.0. The molecule has 0 heterocycles. The third-order valence-corrected chi connectivity index (χ3v) is 11.4. The fraction of sp³-hybridized carbons (Fsp3) is 0.745. The fourth-order valence-corrected chi connectivity index (χ4v) is 7.49. The van der Waals surface area contributed by atoms with E-state index in [0.717, 1.165) is 83.5 Å². The summed E-state index contributed by atoms with van der Waals surface area (Å²) >= 11 is 0. The first-order valence-electron chi connectivity index (χ1n) is 25.7. The Hall–Kier alpha value is -2.70. The first-order valence-corrected chi connectivity index (χ1v) is 25.7. The minimum Gasteiger partial charge on any atom is -0.462 e. The van der Waals surface area contributed by atoms with Crippen LogP contribution in [0.5, 0.6) is 0 Å². The SMILES string of the molecule is CC/C=C/C=C/C=C\C=C/CCCCCC(=O)OC(CCCCC/C=C/C=C/CCCCCCCCC)CC(=O)NC(CO)C(O)CCCCCCCCCCCCCCC. The summed E-state index contributed by atoms with van der Waals surface area (Å²) in [6, 6.07) is -0.721. The van der Waals surface area contributed by atoms with Crippen LogP contribution in [0.25, 0.3) is 0 Å². The highest BCUT2D eigenvalue weighted by atomic mass is 16.5. The number of allylic oxidation sites excluding steroid dienone is 12. The van der Waals surface area contributed by atoms with Crippen molar-refractivity contribution >= 4 is 11.9 Å². The Balaban J connectivity index is 4.70. The van der Waals surface area contributed by atoms with Crippen molar-refractivity contribution in [2.45, 2.75) is 257 Å². The number of carbonyl (C=O) groups excluding carboxylic acids is 2. The van der Waals surface area contributed by atoms with Crippen LogP contribution in [0, 0.1) is 0 Å². The summed E-state index contributed by atoms with van der Waals surface area (Å²) in [6.07, 6.45) is 61.0. The average molecular weight is 852 g/mol. The van der Waals surface area contributed by atoms with Gasteiger partial charge in [-0.3, -0.25) is 9.59 Å². The molecule has 0 fully saturated rings. The maximum Gasteiger partial charge on any atom is 0.306 e. The van der Waals surface area contributed by atoms with Crippen LogP contribution >= 0.6 is 0 Å². The summed E-state index contributed by atoms with van der Waals surface area (Å²) in [5, 5.41) is 23.8. The van der Waals surface area contributed by atoms with Gasteiger partial charge in [-0.25, -0.2) is 0 Å². The van der Waals surface area contributed by atoms with Gasteiger partial charge in [-0.15, -0.1) is 0 Å². The smallest absolute Gasteiger partial charge is 0.306 e. The Morgan fingerprint density at radius 3 is 1.38 bits per heavy atom. The monoisotopic (exact) mass is 852 g/mol.